The van der Waals surface area contributed by atoms with E-state index in [4.69, 9.17) is 0 Å². The molecule has 0 aliphatic carbocycles. The summed E-state index contributed by atoms with van der Waals surface area (Å²) in [7, 11) is 0. The van der Waals surface area contributed by atoms with Gasteiger partial charge in [-0.05, 0) is 75.0 Å². The largest absolute Gasteiger partial charge is 0.354 e. The Kier molecular flexibility index (Phi) is 6.18. The summed E-state index contributed by atoms with van der Waals surface area (Å²) in [6, 6.07) is 17.6. The standard InChI is InChI=1S/C25H30FN3O/c1-18(2)27-25(30)20-10-12-28(13-11-20)17-23-15-21-7-3-4-9-24(21)29(23)16-19-6-5-8-22(26)14-19/h3-9,14-15,18,20H,10-13,16-17H2,1-2H3,(H,27,30). The molecule has 1 aliphatic rings. The van der Waals surface area contributed by atoms with E-state index in [0.29, 0.717) is 6.54 Å². The van der Waals surface area contributed by atoms with Gasteiger partial charge in [0.1, 0.15) is 5.82 Å². The lowest BCUT2D eigenvalue weighted by Gasteiger charge is -2.32. The van der Waals surface area contributed by atoms with E-state index in [2.05, 4.69) is 39.0 Å². The van der Waals surface area contributed by atoms with Crippen molar-refractivity contribution in [3.63, 3.8) is 0 Å². The van der Waals surface area contributed by atoms with Crippen molar-refractivity contribution in [2.75, 3.05) is 13.1 Å². The highest BCUT2D eigenvalue weighted by molar-refractivity contribution is 5.81. The van der Waals surface area contributed by atoms with Crippen molar-refractivity contribution in [2.45, 2.75) is 45.8 Å². The maximum atomic E-state index is 13.7. The van der Waals surface area contributed by atoms with Crippen molar-refractivity contribution in [2.24, 2.45) is 5.92 Å². The molecule has 0 atom stereocenters. The Morgan fingerprint density at radius 2 is 1.83 bits per heavy atom. The number of carbonyl (C=O) groups is 1. The maximum Gasteiger partial charge on any atom is 0.223 e. The van der Waals surface area contributed by atoms with E-state index in [0.717, 1.165) is 38.0 Å². The molecule has 1 N–H and O–H groups in total. The minimum Gasteiger partial charge on any atom is -0.354 e. The monoisotopic (exact) mass is 407 g/mol. The number of likely N-dealkylation sites (tertiary alicyclic amines) is 1. The Morgan fingerprint density at radius 3 is 2.57 bits per heavy atom. The van der Waals surface area contributed by atoms with Crippen LogP contribution < -0.4 is 5.32 Å². The van der Waals surface area contributed by atoms with Gasteiger partial charge in [0.25, 0.3) is 0 Å². The van der Waals surface area contributed by atoms with Gasteiger partial charge in [-0.1, -0.05) is 30.3 Å². The van der Waals surface area contributed by atoms with Crippen LogP contribution in [0.5, 0.6) is 0 Å². The molecule has 1 fully saturated rings. The van der Waals surface area contributed by atoms with E-state index in [1.807, 2.05) is 26.0 Å². The second-order valence-corrected chi connectivity index (χ2v) is 8.62. The van der Waals surface area contributed by atoms with Crippen LogP contribution in [0.3, 0.4) is 0 Å². The van der Waals surface area contributed by atoms with Crippen molar-refractivity contribution in [3.05, 3.63) is 71.7 Å². The topological polar surface area (TPSA) is 37.3 Å². The van der Waals surface area contributed by atoms with Crippen LogP contribution in [0.2, 0.25) is 0 Å². The Hall–Kier alpha value is -2.66. The molecule has 5 heteroatoms. The van der Waals surface area contributed by atoms with Gasteiger partial charge in [-0.3, -0.25) is 9.69 Å². The van der Waals surface area contributed by atoms with Crippen LogP contribution in [0.4, 0.5) is 4.39 Å². The molecule has 4 rings (SSSR count). The maximum absolute atomic E-state index is 13.7. The molecule has 0 spiro atoms. The van der Waals surface area contributed by atoms with E-state index >= 15 is 0 Å². The first-order valence-electron chi connectivity index (χ1n) is 10.8. The molecule has 0 saturated carbocycles. The molecule has 1 amide bonds. The number of piperidine rings is 1. The predicted octanol–water partition coefficient (Wildman–Crippen LogP) is 4.57. The van der Waals surface area contributed by atoms with Crippen LogP contribution in [-0.2, 0) is 17.9 Å². The second kappa shape index (κ2) is 9.00. The summed E-state index contributed by atoms with van der Waals surface area (Å²) in [6.45, 7) is 7.32. The van der Waals surface area contributed by atoms with Crippen LogP contribution >= 0.6 is 0 Å². The molecule has 0 radical (unpaired) electrons. The van der Waals surface area contributed by atoms with E-state index in [1.165, 1.54) is 22.7 Å². The fraction of sp³-hybridized carbons (Fsp3) is 0.400. The van der Waals surface area contributed by atoms with E-state index < -0.39 is 0 Å². The highest BCUT2D eigenvalue weighted by Crippen LogP contribution is 2.25. The van der Waals surface area contributed by atoms with Gasteiger partial charge in [0.15, 0.2) is 0 Å². The van der Waals surface area contributed by atoms with Gasteiger partial charge >= 0.3 is 0 Å². The molecule has 1 saturated heterocycles. The van der Waals surface area contributed by atoms with Gasteiger partial charge in [-0.25, -0.2) is 4.39 Å². The Labute approximate surface area is 177 Å². The summed E-state index contributed by atoms with van der Waals surface area (Å²) in [5.74, 6) is 0.0962. The molecule has 2 heterocycles. The normalized spacial score (nSPS) is 15.7. The molecule has 0 unspecified atom stereocenters. The first-order valence-corrected chi connectivity index (χ1v) is 10.8. The van der Waals surface area contributed by atoms with Crippen molar-refractivity contribution >= 4 is 16.8 Å². The van der Waals surface area contributed by atoms with Crippen molar-refractivity contribution in [3.8, 4) is 0 Å². The van der Waals surface area contributed by atoms with E-state index in [9.17, 15) is 9.18 Å². The van der Waals surface area contributed by atoms with Crippen LogP contribution in [0.1, 0.15) is 37.9 Å². The number of hydrogen-bond acceptors (Lipinski definition) is 2. The number of fused-ring (bicyclic) bond motifs is 1. The number of hydrogen-bond donors (Lipinski definition) is 1. The smallest absolute Gasteiger partial charge is 0.223 e. The lowest BCUT2D eigenvalue weighted by Crippen LogP contribution is -2.42. The SMILES string of the molecule is CC(C)NC(=O)C1CCN(Cc2cc3ccccc3n2Cc2cccc(F)c2)CC1. The molecule has 2 aromatic carbocycles. The zero-order valence-electron chi connectivity index (χ0n) is 17.8. The molecular weight excluding hydrogens is 377 g/mol. The number of benzene rings is 2. The average Bonchev–Trinajstić information content (AvgIpc) is 3.05. The summed E-state index contributed by atoms with van der Waals surface area (Å²) >= 11 is 0. The highest BCUT2D eigenvalue weighted by atomic mass is 19.1. The second-order valence-electron chi connectivity index (χ2n) is 8.62. The summed E-state index contributed by atoms with van der Waals surface area (Å²) in [5, 5.41) is 4.25. The molecule has 3 aromatic rings. The van der Waals surface area contributed by atoms with Crippen LogP contribution in [-0.4, -0.2) is 34.5 Å². The fourth-order valence-corrected chi connectivity index (χ4v) is 4.39. The fourth-order valence-electron chi connectivity index (χ4n) is 4.39. The third kappa shape index (κ3) is 4.73. The lowest BCUT2D eigenvalue weighted by atomic mass is 9.95. The quantitative estimate of drug-likeness (QED) is 0.650. The van der Waals surface area contributed by atoms with Gasteiger partial charge in [-0.15, -0.1) is 0 Å². The van der Waals surface area contributed by atoms with Crippen LogP contribution in [0, 0.1) is 11.7 Å². The van der Waals surface area contributed by atoms with Crippen molar-refractivity contribution in [1.29, 1.82) is 0 Å². The first-order chi connectivity index (χ1) is 14.5. The lowest BCUT2D eigenvalue weighted by molar-refractivity contribution is -0.127. The van der Waals surface area contributed by atoms with E-state index in [1.54, 1.807) is 12.1 Å². The van der Waals surface area contributed by atoms with Crippen molar-refractivity contribution in [1.82, 2.24) is 14.8 Å². The zero-order chi connectivity index (χ0) is 21.1. The number of aromatic nitrogens is 1. The number of carbonyl (C=O) groups excluding carboxylic acids is 1. The number of nitrogens with one attached hydrogen (secondary N) is 1. The molecule has 1 aliphatic heterocycles. The Morgan fingerprint density at radius 1 is 1.07 bits per heavy atom. The predicted molar refractivity (Wildman–Crippen MR) is 119 cm³/mol. The van der Waals surface area contributed by atoms with E-state index in [-0.39, 0.29) is 23.7 Å². The third-order valence-corrected chi connectivity index (χ3v) is 5.90. The molecule has 158 valence electrons. The molecule has 1 aromatic heterocycles. The number of nitrogens with zero attached hydrogens (tertiary/aromatic N) is 2. The summed E-state index contributed by atoms with van der Waals surface area (Å²) < 4.78 is 16.0. The number of rotatable bonds is 6. The van der Waals surface area contributed by atoms with Gasteiger partial charge in [0.2, 0.25) is 5.91 Å². The summed E-state index contributed by atoms with van der Waals surface area (Å²) in [4.78, 5) is 14.7. The van der Waals surface area contributed by atoms with Crippen LogP contribution in [0.15, 0.2) is 54.6 Å². The highest BCUT2D eigenvalue weighted by Gasteiger charge is 2.26. The van der Waals surface area contributed by atoms with Crippen molar-refractivity contribution < 1.29 is 9.18 Å². The first kappa shape index (κ1) is 20.6. The number of para-hydroxylation sites is 1. The van der Waals surface area contributed by atoms with Gasteiger partial charge < -0.3 is 9.88 Å². The Balaban J connectivity index is 1.50. The average molecular weight is 408 g/mol. The summed E-state index contributed by atoms with van der Waals surface area (Å²) in [5.41, 5.74) is 3.36. The number of halogens is 1. The Bertz CT molecular complexity index is 1020. The van der Waals surface area contributed by atoms with Crippen LogP contribution in [0.25, 0.3) is 10.9 Å². The molecule has 0 bridgehead atoms. The number of amides is 1. The molecule has 30 heavy (non-hydrogen) atoms. The minimum absolute atomic E-state index is 0.113. The summed E-state index contributed by atoms with van der Waals surface area (Å²) in [6.07, 6.45) is 1.78. The van der Waals surface area contributed by atoms with Gasteiger partial charge in [-0.2, -0.15) is 0 Å². The molecule has 4 nitrogen and oxygen atoms in total. The third-order valence-electron chi connectivity index (χ3n) is 5.90. The van der Waals surface area contributed by atoms with Gasteiger partial charge in [0, 0.05) is 36.3 Å². The zero-order valence-corrected chi connectivity index (χ0v) is 17.8. The van der Waals surface area contributed by atoms with Gasteiger partial charge in [0.05, 0.1) is 0 Å². The molecular formula is C25H30FN3O. The minimum atomic E-state index is -0.202.